The molecule has 19 heavy (non-hydrogen) atoms. The summed E-state index contributed by atoms with van der Waals surface area (Å²) in [4.78, 5) is 24.1. The summed E-state index contributed by atoms with van der Waals surface area (Å²) in [7, 11) is 0. The third-order valence-electron chi connectivity index (χ3n) is 2.57. The van der Waals surface area contributed by atoms with E-state index in [0.717, 1.165) is 11.1 Å². The predicted molar refractivity (Wildman–Crippen MR) is 80.0 cm³/mol. The first-order valence-electron chi connectivity index (χ1n) is 5.55. The lowest BCUT2D eigenvalue weighted by Crippen LogP contribution is -2.31. The number of hydrogen-bond donors (Lipinski definition) is 1. The van der Waals surface area contributed by atoms with Gasteiger partial charge >= 0.3 is 0 Å². The summed E-state index contributed by atoms with van der Waals surface area (Å²) < 4.78 is 1.81. The molecule has 0 radical (unpaired) electrons. The zero-order valence-electron chi connectivity index (χ0n) is 9.91. The molecule has 1 aromatic heterocycles. The number of benzene rings is 1. The molecular formula is C13H11IN3O2+. The van der Waals surface area contributed by atoms with Gasteiger partial charge in [0.25, 0.3) is 5.82 Å². The van der Waals surface area contributed by atoms with E-state index in [4.69, 9.17) is 0 Å². The number of imidazole rings is 1. The van der Waals surface area contributed by atoms with Gasteiger partial charge < -0.3 is 0 Å². The third kappa shape index (κ3) is 3.82. The summed E-state index contributed by atoms with van der Waals surface area (Å²) in [6.07, 6.45) is 6.63. The zero-order chi connectivity index (χ0) is 13.7. The van der Waals surface area contributed by atoms with Gasteiger partial charge in [0.05, 0.1) is 0 Å². The SMILES string of the molecule is O=Nc1c[n+](Cc2ccccc2/C=C/C(=O)I)c[nH]1. The molecule has 1 heterocycles. The van der Waals surface area contributed by atoms with E-state index in [-0.39, 0.29) is 9.61 Å². The van der Waals surface area contributed by atoms with E-state index in [1.807, 2.05) is 28.8 Å². The van der Waals surface area contributed by atoms with Crippen molar-refractivity contribution in [3.05, 3.63) is 58.9 Å². The first-order chi connectivity index (χ1) is 9.19. The van der Waals surface area contributed by atoms with Gasteiger partial charge in [-0.15, -0.1) is 4.91 Å². The molecular weight excluding hydrogens is 357 g/mol. The molecule has 0 aliphatic carbocycles. The van der Waals surface area contributed by atoms with Crippen molar-refractivity contribution in [2.45, 2.75) is 6.54 Å². The Labute approximate surface area is 123 Å². The van der Waals surface area contributed by atoms with Crippen molar-refractivity contribution >= 4 is 38.3 Å². The highest BCUT2D eigenvalue weighted by Gasteiger charge is 2.08. The van der Waals surface area contributed by atoms with Gasteiger partial charge in [0, 0.05) is 33.3 Å². The number of aromatic nitrogens is 2. The Balaban J connectivity index is 2.24. The number of carbonyl (C=O) groups excluding carboxylic acids is 1. The van der Waals surface area contributed by atoms with Crippen molar-refractivity contribution in [3.63, 3.8) is 0 Å². The molecule has 0 saturated heterocycles. The minimum Gasteiger partial charge on any atom is -0.283 e. The third-order valence-corrected chi connectivity index (χ3v) is 2.93. The summed E-state index contributed by atoms with van der Waals surface area (Å²) in [5.41, 5.74) is 2.03. The van der Waals surface area contributed by atoms with Crippen molar-refractivity contribution in [2.24, 2.45) is 5.18 Å². The van der Waals surface area contributed by atoms with Gasteiger partial charge in [0.15, 0.2) is 6.20 Å². The number of hydrogen-bond acceptors (Lipinski definition) is 3. The van der Waals surface area contributed by atoms with Gasteiger partial charge in [-0.05, 0) is 11.6 Å². The van der Waals surface area contributed by atoms with E-state index in [9.17, 15) is 9.70 Å². The molecule has 1 N–H and O–H groups in total. The molecule has 0 aliphatic rings. The van der Waals surface area contributed by atoms with Crippen LogP contribution in [0.2, 0.25) is 0 Å². The predicted octanol–water partition coefficient (Wildman–Crippen LogP) is 2.72. The van der Waals surface area contributed by atoms with Crippen LogP contribution in [0.4, 0.5) is 5.82 Å². The van der Waals surface area contributed by atoms with Crippen LogP contribution in [0.3, 0.4) is 0 Å². The van der Waals surface area contributed by atoms with Gasteiger partial charge in [0.2, 0.25) is 10.1 Å². The highest BCUT2D eigenvalue weighted by Crippen LogP contribution is 2.11. The number of carbonyl (C=O) groups is 1. The maximum atomic E-state index is 11.0. The average molecular weight is 368 g/mol. The van der Waals surface area contributed by atoms with Crippen LogP contribution < -0.4 is 4.57 Å². The van der Waals surface area contributed by atoms with Crippen LogP contribution in [0.1, 0.15) is 11.1 Å². The Kier molecular flexibility index (Phi) is 4.56. The van der Waals surface area contributed by atoms with Crippen LogP contribution in [0, 0.1) is 4.91 Å². The average Bonchev–Trinajstić information content (AvgIpc) is 2.85. The number of H-pyrrole nitrogens is 1. The van der Waals surface area contributed by atoms with Gasteiger partial charge in [0.1, 0.15) is 6.54 Å². The lowest BCUT2D eigenvalue weighted by atomic mass is 10.1. The van der Waals surface area contributed by atoms with Crippen LogP contribution in [0.25, 0.3) is 6.08 Å². The summed E-state index contributed by atoms with van der Waals surface area (Å²) in [5.74, 6) is 0.287. The smallest absolute Gasteiger partial charge is 0.283 e. The minimum absolute atomic E-state index is 0.0193. The largest absolute Gasteiger partial charge is 0.298 e. The number of nitrogens with one attached hydrogen (secondary N) is 1. The van der Waals surface area contributed by atoms with Gasteiger partial charge in [-0.25, -0.2) is 9.55 Å². The van der Waals surface area contributed by atoms with E-state index in [1.165, 1.54) is 6.08 Å². The summed E-state index contributed by atoms with van der Waals surface area (Å²) >= 11 is 1.73. The lowest BCUT2D eigenvalue weighted by molar-refractivity contribution is -0.686. The Morgan fingerprint density at radius 3 is 2.89 bits per heavy atom. The van der Waals surface area contributed by atoms with Crippen molar-refractivity contribution < 1.29 is 9.36 Å². The summed E-state index contributed by atoms with van der Waals surface area (Å²) in [6.45, 7) is 0.599. The fourth-order valence-corrected chi connectivity index (χ4v) is 1.89. The molecule has 0 saturated carbocycles. The quantitative estimate of drug-likeness (QED) is 0.290. The van der Waals surface area contributed by atoms with Crippen LogP contribution in [-0.2, 0) is 11.3 Å². The zero-order valence-corrected chi connectivity index (χ0v) is 12.1. The molecule has 0 atom stereocenters. The Morgan fingerprint density at radius 1 is 1.42 bits per heavy atom. The second-order valence-corrected chi connectivity index (χ2v) is 4.95. The van der Waals surface area contributed by atoms with E-state index in [0.29, 0.717) is 6.54 Å². The molecule has 6 heteroatoms. The molecule has 0 aliphatic heterocycles. The highest BCUT2D eigenvalue weighted by atomic mass is 127. The molecule has 0 spiro atoms. The van der Waals surface area contributed by atoms with Crippen molar-refractivity contribution in [2.75, 3.05) is 0 Å². The topological polar surface area (TPSA) is 66.2 Å². The van der Waals surface area contributed by atoms with Crippen LogP contribution in [-0.4, -0.2) is 8.77 Å². The van der Waals surface area contributed by atoms with Crippen molar-refractivity contribution in [1.29, 1.82) is 0 Å². The Morgan fingerprint density at radius 2 is 2.21 bits per heavy atom. The number of halogens is 1. The molecule has 96 valence electrons. The summed E-state index contributed by atoms with van der Waals surface area (Å²) in [6, 6.07) is 7.77. The summed E-state index contributed by atoms with van der Waals surface area (Å²) in [5, 5.41) is 2.83. The minimum atomic E-state index is -0.0193. The molecule has 0 amide bonds. The molecule has 0 unspecified atom stereocenters. The molecule has 1 aromatic carbocycles. The first-order valence-corrected chi connectivity index (χ1v) is 6.63. The van der Waals surface area contributed by atoms with E-state index < -0.39 is 0 Å². The fourth-order valence-electron chi connectivity index (χ4n) is 1.71. The Hall–Kier alpha value is -1.83. The number of aromatic amines is 1. The standard InChI is InChI=1S/C13H10IN3O2/c14-12(18)6-5-10-3-1-2-4-11(10)7-17-8-13(16-19)15-9-17/h1-6,8-9H,7H2/p+1/b6-5+. The van der Waals surface area contributed by atoms with Gasteiger partial charge in [-0.3, -0.25) is 4.79 Å². The normalized spacial score (nSPS) is 10.8. The number of allylic oxidation sites excluding steroid dienone is 1. The van der Waals surface area contributed by atoms with Crippen LogP contribution in [0.5, 0.6) is 0 Å². The molecule has 0 bridgehead atoms. The monoisotopic (exact) mass is 368 g/mol. The Bertz CT molecular complexity index is 634. The second kappa shape index (κ2) is 6.37. The number of nitrogens with zero attached hydrogens (tertiary/aromatic N) is 2. The van der Waals surface area contributed by atoms with Crippen molar-refractivity contribution in [3.8, 4) is 0 Å². The van der Waals surface area contributed by atoms with Gasteiger partial charge in [-0.1, -0.05) is 30.3 Å². The highest BCUT2D eigenvalue weighted by molar-refractivity contribution is 14.1. The molecule has 2 aromatic rings. The van der Waals surface area contributed by atoms with Crippen molar-refractivity contribution in [1.82, 2.24) is 4.98 Å². The first kappa shape index (κ1) is 13.6. The molecule has 5 nitrogen and oxygen atoms in total. The lowest BCUT2D eigenvalue weighted by Gasteiger charge is -2.02. The maximum absolute atomic E-state index is 11.0. The van der Waals surface area contributed by atoms with E-state index in [2.05, 4.69) is 10.2 Å². The van der Waals surface area contributed by atoms with Crippen LogP contribution >= 0.6 is 22.6 Å². The number of nitroso groups, excluding NO2 is 1. The molecule has 2 rings (SSSR count). The van der Waals surface area contributed by atoms with Crippen LogP contribution in [0.15, 0.2) is 48.0 Å². The maximum Gasteiger partial charge on any atom is 0.298 e. The van der Waals surface area contributed by atoms with E-state index in [1.54, 1.807) is 41.2 Å². The van der Waals surface area contributed by atoms with E-state index >= 15 is 0 Å². The fraction of sp³-hybridized carbons (Fsp3) is 0.0769. The number of rotatable bonds is 5. The second-order valence-electron chi connectivity index (χ2n) is 3.89. The molecule has 0 fully saturated rings. The van der Waals surface area contributed by atoms with Gasteiger partial charge in [-0.2, -0.15) is 0 Å².